The van der Waals surface area contributed by atoms with Gasteiger partial charge in [0.2, 0.25) is 5.92 Å². The lowest BCUT2D eigenvalue weighted by atomic mass is 9.29. The summed E-state index contributed by atoms with van der Waals surface area (Å²) in [5.41, 5.74) is 12.9. The van der Waals surface area contributed by atoms with Gasteiger partial charge in [0.1, 0.15) is 0 Å². The predicted octanol–water partition coefficient (Wildman–Crippen LogP) is 1.54. The summed E-state index contributed by atoms with van der Waals surface area (Å²) in [5, 5.41) is 2.81. The molecule has 0 radical (unpaired) electrons. The van der Waals surface area contributed by atoms with Crippen molar-refractivity contribution >= 4 is 11.9 Å². The van der Waals surface area contributed by atoms with E-state index >= 15 is 0 Å². The van der Waals surface area contributed by atoms with E-state index < -0.39 is 5.92 Å². The molecule has 7 atom stereocenters. The Kier molecular flexibility index (Phi) is 2.62. The molecule has 0 amide bonds. The van der Waals surface area contributed by atoms with Crippen LogP contribution in [0.1, 0.15) is 32.6 Å². The summed E-state index contributed by atoms with van der Waals surface area (Å²) >= 11 is 0. The number of fused-ring (bicyclic) bond motifs is 4. The van der Waals surface area contributed by atoms with Gasteiger partial charge in [-0.15, -0.1) is 0 Å². The number of halogens is 2. The number of aliphatic imine (C=N–C) groups is 2. The van der Waals surface area contributed by atoms with Gasteiger partial charge in [-0.05, 0) is 61.2 Å². The summed E-state index contributed by atoms with van der Waals surface area (Å²) in [6, 6.07) is 0. The third-order valence-electron chi connectivity index (χ3n) is 7.76. The van der Waals surface area contributed by atoms with Crippen molar-refractivity contribution in [2.24, 2.45) is 61.9 Å². The molecule has 0 aromatic rings. The number of nitrogens with one attached hydrogen (secondary N) is 1. The number of hydrogen-bond donors (Lipinski definition) is 3. The molecule has 0 aromatic heterocycles. The Labute approximate surface area is 140 Å². The van der Waals surface area contributed by atoms with E-state index in [-0.39, 0.29) is 12.4 Å². The highest BCUT2D eigenvalue weighted by Crippen LogP contribution is 3.17. The summed E-state index contributed by atoms with van der Waals surface area (Å²) < 4.78 is 25.4. The molecule has 5 N–H and O–H groups in total. The van der Waals surface area contributed by atoms with E-state index in [2.05, 4.69) is 15.3 Å². The Hall–Kier alpha value is -1.40. The van der Waals surface area contributed by atoms with Crippen LogP contribution in [0.15, 0.2) is 9.98 Å². The lowest BCUT2D eigenvalue weighted by Crippen LogP contribution is -2.72. The van der Waals surface area contributed by atoms with Crippen LogP contribution >= 0.6 is 0 Å². The smallest absolute Gasteiger partial charge is 0.245 e. The molecule has 1 spiro atoms. The summed E-state index contributed by atoms with van der Waals surface area (Å²) in [6.45, 7) is 2.19. The van der Waals surface area contributed by atoms with Gasteiger partial charge in [-0.25, -0.2) is 8.78 Å². The van der Waals surface area contributed by atoms with E-state index in [0.717, 1.165) is 48.5 Å². The van der Waals surface area contributed by atoms with Gasteiger partial charge in [0.25, 0.3) is 0 Å². The zero-order valence-corrected chi connectivity index (χ0v) is 13.9. The molecule has 7 heteroatoms. The molecule has 0 aliphatic heterocycles. The third-order valence-corrected chi connectivity index (χ3v) is 7.76. The Balaban J connectivity index is 1.05. The van der Waals surface area contributed by atoms with Gasteiger partial charge in [0.15, 0.2) is 11.9 Å². The van der Waals surface area contributed by atoms with Gasteiger partial charge in [-0.1, -0.05) is 0 Å². The maximum atomic E-state index is 12.7. The first kappa shape index (κ1) is 14.9. The molecule has 0 saturated heterocycles. The van der Waals surface area contributed by atoms with Crippen molar-refractivity contribution in [1.82, 2.24) is 5.32 Å². The summed E-state index contributed by atoms with van der Waals surface area (Å²) in [4.78, 5) is 8.62. The average molecular weight is 337 g/mol. The van der Waals surface area contributed by atoms with Gasteiger partial charge in [0, 0.05) is 24.9 Å². The molecule has 5 saturated carbocycles. The minimum atomic E-state index is -2.60. The van der Waals surface area contributed by atoms with Crippen molar-refractivity contribution in [3.63, 3.8) is 0 Å². The summed E-state index contributed by atoms with van der Waals surface area (Å²) in [7, 11) is 0. The molecule has 0 bridgehead atoms. The van der Waals surface area contributed by atoms with Gasteiger partial charge in [-0.2, -0.15) is 0 Å². The fourth-order valence-electron chi connectivity index (χ4n) is 7.09. The molecular weight excluding hydrogens is 312 g/mol. The van der Waals surface area contributed by atoms with Crippen molar-refractivity contribution < 1.29 is 8.78 Å². The molecule has 24 heavy (non-hydrogen) atoms. The molecule has 0 heterocycles. The number of hydrogen-bond acceptors (Lipinski definition) is 2. The van der Waals surface area contributed by atoms with E-state index in [1.165, 1.54) is 6.42 Å². The standard InChI is InChI=1S/C17H25F2N5/c1-15(18,19)4-2-3-5-22-13(20)24-14(21)23-7-16-9-6-8-10(9)17(16)11(8)12(16)17/h8-12H,2-7H2,1H3,(H5,20,21,22,23,24). The maximum absolute atomic E-state index is 12.7. The van der Waals surface area contributed by atoms with Gasteiger partial charge in [-0.3, -0.25) is 15.3 Å². The van der Waals surface area contributed by atoms with Crippen LogP contribution in [0.25, 0.3) is 0 Å². The van der Waals surface area contributed by atoms with Gasteiger partial charge < -0.3 is 11.5 Å². The second-order valence-corrected chi connectivity index (χ2v) is 8.63. The van der Waals surface area contributed by atoms with Crippen molar-refractivity contribution in [2.45, 2.75) is 38.5 Å². The highest BCUT2D eigenvalue weighted by Gasteiger charge is 3.15. The molecule has 7 unspecified atom stereocenters. The Morgan fingerprint density at radius 3 is 2.58 bits per heavy atom. The summed E-state index contributed by atoms with van der Waals surface area (Å²) in [6.07, 6.45) is 2.33. The fraction of sp³-hybridized carbons (Fsp3) is 0.882. The Morgan fingerprint density at radius 2 is 1.96 bits per heavy atom. The fourth-order valence-corrected chi connectivity index (χ4v) is 7.09. The van der Waals surface area contributed by atoms with E-state index in [1.54, 1.807) is 0 Å². The molecule has 5 fully saturated rings. The minimum Gasteiger partial charge on any atom is -0.370 e. The van der Waals surface area contributed by atoms with Crippen molar-refractivity contribution in [1.29, 1.82) is 0 Å². The van der Waals surface area contributed by atoms with E-state index in [0.29, 0.717) is 30.8 Å². The monoisotopic (exact) mass is 337 g/mol. The highest BCUT2D eigenvalue weighted by atomic mass is 19.3. The van der Waals surface area contributed by atoms with Crippen LogP contribution in [0.3, 0.4) is 0 Å². The maximum Gasteiger partial charge on any atom is 0.245 e. The van der Waals surface area contributed by atoms with E-state index in [4.69, 9.17) is 11.5 Å². The topological polar surface area (TPSA) is 88.8 Å². The zero-order chi connectivity index (χ0) is 16.9. The molecule has 5 aliphatic carbocycles. The quantitative estimate of drug-likeness (QED) is 0.374. The lowest BCUT2D eigenvalue weighted by Gasteiger charge is -2.75. The molecule has 0 aromatic carbocycles. The van der Waals surface area contributed by atoms with E-state index in [9.17, 15) is 8.78 Å². The normalized spacial score (nSPS) is 49.2. The van der Waals surface area contributed by atoms with Gasteiger partial charge >= 0.3 is 0 Å². The first-order chi connectivity index (χ1) is 11.3. The number of nitrogens with two attached hydrogens (primary N) is 2. The van der Waals surface area contributed by atoms with E-state index in [1.807, 2.05) is 0 Å². The average Bonchev–Trinajstić information content (AvgIpc) is 3.29. The van der Waals surface area contributed by atoms with Crippen molar-refractivity contribution in [3.8, 4) is 0 Å². The molecule has 5 rings (SSSR count). The van der Waals surface area contributed by atoms with Crippen LogP contribution in [0.2, 0.25) is 0 Å². The number of unbranched alkanes of at least 4 members (excludes halogenated alkanes) is 1. The van der Waals surface area contributed by atoms with Crippen LogP contribution in [-0.2, 0) is 0 Å². The number of rotatable bonds is 7. The first-order valence-electron chi connectivity index (χ1n) is 9.09. The third kappa shape index (κ3) is 1.50. The van der Waals surface area contributed by atoms with Crippen LogP contribution in [-0.4, -0.2) is 30.9 Å². The molecule has 132 valence electrons. The molecule has 5 nitrogen and oxygen atoms in total. The van der Waals surface area contributed by atoms with Gasteiger partial charge in [0.05, 0.1) is 0 Å². The number of nitrogens with zero attached hydrogens (tertiary/aromatic N) is 2. The second-order valence-electron chi connectivity index (χ2n) is 8.63. The highest BCUT2D eigenvalue weighted by molar-refractivity contribution is 5.97. The van der Waals surface area contributed by atoms with Crippen LogP contribution in [0.4, 0.5) is 8.78 Å². The molecule has 5 aliphatic rings. The summed E-state index contributed by atoms with van der Waals surface area (Å²) in [5.74, 6) is 3.02. The number of alkyl halides is 2. The lowest BCUT2D eigenvalue weighted by molar-refractivity contribution is -0.277. The Morgan fingerprint density at radius 1 is 1.21 bits per heavy atom. The van der Waals surface area contributed by atoms with Crippen molar-refractivity contribution in [3.05, 3.63) is 0 Å². The second kappa shape index (κ2) is 4.22. The first-order valence-corrected chi connectivity index (χ1v) is 9.09. The van der Waals surface area contributed by atoms with Crippen molar-refractivity contribution in [2.75, 3.05) is 13.1 Å². The van der Waals surface area contributed by atoms with Crippen LogP contribution in [0.5, 0.6) is 0 Å². The predicted molar refractivity (Wildman–Crippen MR) is 87.5 cm³/mol. The largest absolute Gasteiger partial charge is 0.370 e. The minimum absolute atomic E-state index is 0.117. The number of guanidine groups is 2. The molecular formula is C17H25F2N5. The Bertz CT molecular complexity index is 652. The SMILES string of the molecule is CC(F)(F)CCCCN=C(N)NC(N)=NCC12C3CC4C3C13C4C23. The van der Waals surface area contributed by atoms with Crippen LogP contribution in [0, 0.1) is 40.4 Å². The van der Waals surface area contributed by atoms with Crippen LogP contribution < -0.4 is 16.8 Å². The zero-order valence-electron chi connectivity index (χ0n) is 13.9.